The first-order valence-electron chi connectivity index (χ1n) is 9.82. The van der Waals surface area contributed by atoms with Gasteiger partial charge in [0.2, 0.25) is 5.91 Å². The number of carbonyl (C=O) groups is 2. The van der Waals surface area contributed by atoms with Gasteiger partial charge in [-0.05, 0) is 62.1 Å². The van der Waals surface area contributed by atoms with Crippen LogP contribution in [-0.4, -0.2) is 35.0 Å². The Kier molecular flexibility index (Phi) is 7.23. The molecule has 2 N–H and O–H groups in total. The lowest BCUT2D eigenvalue weighted by atomic mass is 9.95. The zero-order valence-corrected chi connectivity index (χ0v) is 18.9. The first-order valence-corrected chi connectivity index (χ1v) is 11.1. The second kappa shape index (κ2) is 9.86. The molecule has 1 aliphatic rings. The Morgan fingerprint density at radius 1 is 1.23 bits per heavy atom. The van der Waals surface area contributed by atoms with Crippen LogP contribution in [0.2, 0.25) is 0 Å². The molecular weight excluding hydrogens is 418 g/mol. The number of carbonyl (C=O) groups excluding carboxylic acids is 2. The van der Waals surface area contributed by atoms with Gasteiger partial charge in [0, 0.05) is 22.8 Å². The average Bonchev–Trinajstić information content (AvgIpc) is 3.21. The minimum atomic E-state index is -0.407. The van der Waals surface area contributed by atoms with Gasteiger partial charge in [-0.3, -0.25) is 4.79 Å². The summed E-state index contributed by atoms with van der Waals surface area (Å²) >= 11 is 7.05. The minimum absolute atomic E-state index is 0.0660. The Morgan fingerprint density at radius 3 is 2.57 bits per heavy atom. The monoisotopic (exact) mass is 443 g/mol. The van der Waals surface area contributed by atoms with E-state index in [1.807, 2.05) is 60.5 Å². The number of esters is 1. The zero-order valence-electron chi connectivity index (χ0n) is 17.2. The van der Waals surface area contributed by atoms with Gasteiger partial charge in [0.1, 0.15) is 0 Å². The van der Waals surface area contributed by atoms with E-state index in [0.717, 1.165) is 16.1 Å². The second-order valence-electron chi connectivity index (χ2n) is 6.77. The molecule has 0 saturated heterocycles. The minimum Gasteiger partial charge on any atom is -0.463 e. The van der Waals surface area contributed by atoms with Crippen LogP contribution in [0.4, 0.5) is 5.69 Å². The molecule has 0 bridgehead atoms. The van der Waals surface area contributed by atoms with Crippen molar-refractivity contribution in [3.8, 4) is 0 Å². The molecule has 6 nitrogen and oxygen atoms in total. The van der Waals surface area contributed by atoms with E-state index in [1.165, 1.54) is 0 Å². The third-order valence-corrected chi connectivity index (χ3v) is 6.07. The molecule has 0 fully saturated rings. The predicted octanol–water partition coefficient (Wildman–Crippen LogP) is 4.02. The standard InChI is InChI=1S/C22H25N3O3S2/c1-4-25-14(3)19(21(27)28-5-2)20(24-22(25)29)15-8-10-16(11-9-15)23-18(26)13-17-7-6-12-30-17/h6-12,20H,4-5,13H2,1-3H3,(H,23,26)(H,24,29). The molecule has 3 rings (SSSR count). The van der Waals surface area contributed by atoms with Crippen LogP contribution in [0.5, 0.6) is 0 Å². The number of nitrogens with one attached hydrogen (secondary N) is 2. The Labute approximate surface area is 185 Å². The molecule has 0 radical (unpaired) electrons. The lowest BCUT2D eigenvalue weighted by molar-refractivity contribution is -0.139. The first-order chi connectivity index (χ1) is 14.4. The molecule has 0 aliphatic carbocycles. The largest absolute Gasteiger partial charge is 0.463 e. The summed E-state index contributed by atoms with van der Waals surface area (Å²) in [7, 11) is 0. The van der Waals surface area contributed by atoms with Crippen molar-refractivity contribution in [1.29, 1.82) is 0 Å². The highest BCUT2D eigenvalue weighted by atomic mass is 32.1. The lowest BCUT2D eigenvalue weighted by Crippen LogP contribution is -2.47. The molecule has 158 valence electrons. The Morgan fingerprint density at radius 2 is 1.97 bits per heavy atom. The van der Waals surface area contributed by atoms with Crippen LogP contribution < -0.4 is 10.6 Å². The van der Waals surface area contributed by atoms with E-state index >= 15 is 0 Å². The maximum atomic E-state index is 12.7. The molecule has 2 heterocycles. The van der Waals surface area contributed by atoms with Gasteiger partial charge in [0.25, 0.3) is 0 Å². The van der Waals surface area contributed by atoms with Gasteiger partial charge in [0.15, 0.2) is 5.11 Å². The topological polar surface area (TPSA) is 70.7 Å². The summed E-state index contributed by atoms with van der Waals surface area (Å²) in [5.74, 6) is -0.425. The number of nitrogens with zero attached hydrogens (tertiary/aromatic N) is 1. The number of allylic oxidation sites excluding steroid dienone is 1. The first kappa shape index (κ1) is 22.0. The number of rotatable bonds is 7. The number of hydrogen-bond donors (Lipinski definition) is 2. The predicted molar refractivity (Wildman–Crippen MR) is 123 cm³/mol. The molecule has 1 amide bonds. The highest BCUT2D eigenvalue weighted by molar-refractivity contribution is 7.80. The van der Waals surface area contributed by atoms with E-state index < -0.39 is 6.04 Å². The van der Waals surface area contributed by atoms with Crippen molar-refractivity contribution in [1.82, 2.24) is 10.2 Å². The van der Waals surface area contributed by atoms with Crippen molar-refractivity contribution in [2.45, 2.75) is 33.2 Å². The van der Waals surface area contributed by atoms with Crippen LogP contribution in [0.25, 0.3) is 0 Å². The van der Waals surface area contributed by atoms with Crippen molar-refractivity contribution in [3.63, 3.8) is 0 Å². The van der Waals surface area contributed by atoms with Crippen LogP contribution in [0.15, 0.2) is 53.0 Å². The third-order valence-electron chi connectivity index (χ3n) is 4.85. The molecule has 0 spiro atoms. The summed E-state index contributed by atoms with van der Waals surface area (Å²) in [5.41, 5.74) is 2.90. The molecule has 8 heteroatoms. The fourth-order valence-corrected chi connectivity index (χ4v) is 4.51. The average molecular weight is 444 g/mol. The molecule has 1 aromatic heterocycles. The fraction of sp³-hybridized carbons (Fsp3) is 0.318. The van der Waals surface area contributed by atoms with Crippen LogP contribution in [0.3, 0.4) is 0 Å². The maximum Gasteiger partial charge on any atom is 0.338 e. The number of anilines is 1. The summed E-state index contributed by atoms with van der Waals surface area (Å²) in [6.07, 6.45) is 0.347. The van der Waals surface area contributed by atoms with Gasteiger partial charge >= 0.3 is 5.97 Å². The summed E-state index contributed by atoms with van der Waals surface area (Å²) in [6, 6.07) is 10.9. The van der Waals surface area contributed by atoms with Crippen molar-refractivity contribution in [2.75, 3.05) is 18.5 Å². The molecule has 1 unspecified atom stereocenters. The Bertz CT molecular complexity index is 953. The Balaban J connectivity index is 1.81. The highest BCUT2D eigenvalue weighted by Crippen LogP contribution is 2.32. The van der Waals surface area contributed by atoms with Gasteiger partial charge in [0.05, 0.1) is 24.6 Å². The van der Waals surface area contributed by atoms with Crippen molar-refractivity contribution >= 4 is 46.2 Å². The normalized spacial score (nSPS) is 16.3. The lowest BCUT2D eigenvalue weighted by Gasteiger charge is -2.37. The van der Waals surface area contributed by atoms with Gasteiger partial charge in [-0.2, -0.15) is 0 Å². The maximum absolute atomic E-state index is 12.7. The van der Waals surface area contributed by atoms with E-state index in [4.69, 9.17) is 17.0 Å². The number of ether oxygens (including phenoxy) is 1. The zero-order chi connectivity index (χ0) is 21.7. The van der Waals surface area contributed by atoms with Crippen molar-refractivity contribution in [3.05, 3.63) is 63.5 Å². The van der Waals surface area contributed by atoms with Gasteiger partial charge < -0.3 is 20.3 Å². The SMILES string of the molecule is CCOC(=O)C1=C(C)N(CC)C(=S)NC1c1ccc(NC(=O)Cc2cccs2)cc1. The summed E-state index contributed by atoms with van der Waals surface area (Å²) < 4.78 is 5.30. The molecule has 2 aromatic rings. The molecule has 1 atom stereocenters. The number of thiocarbonyl (C=S) groups is 1. The quantitative estimate of drug-likeness (QED) is 0.498. The number of thiophene rings is 1. The van der Waals surface area contributed by atoms with E-state index in [2.05, 4.69) is 10.6 Å². The van der Waals surface area contributed by atoms with Gasteiger partial charge in [-0.25, -0.2) is 4.79 Å². The summed E-state index contributed by atoms with van der Waals surface area (Å²) in [6.45, 7) is 6.61. The van der Waals surface area contributed by atoms with E-state index in [0.29, 0.717) is 35.9 Å². The van der Waals surface area contributed by atoms with Crippen LogP contribution in [-0.2, 0) is 20.7 Å². The van der Waals surface area contributed by atoms with E-state index in [9.17, 15) is 9.59 Å². The number of amides is 1. The molecule has 1 aliphatic heterocycles. The van der Waals surface area contributed by atoms with E-state index in [1.54, 1.807) is 18.3 Å². The number of hydrogen-bond acceptors (Lipinski definition) is 5. The summed E-state index contributed by atoms with van der Waals surface area (Å²) in [4.78, 5) is 27.8. The van der Waals surface area contributed by atoms with Gasteiger partial charge in [-0.15, -0.1) is 11.3 Å². The number of benzene rings is 1. The van der Waals surface area contributed by atoms with Gasteiger partial charge in [-0.1, -0.05) is 18.2 Å². The highest BCUT2D eigenvalue weighted by Gasteiger charge is 2.34. The van der Waals surface area contributed by atoms with Crippen molar-refractivity contribution in [2.24, 2.45) is 0 Å². The summed E-state index contributed by atoms with van der Waals surface area (Å²) in [5, 5.41) is 8.69. The second-order valence-corrected chi connectivity index (χ2v) is 8.19. The molecule has 0 saturated carbocycles. The van der Waals surface area contributed by atoms with Crippen molar-refractivity contribution < 1.29 is 14.3 Å². The van der Waals surface area contributed by atoms with E-state index in [-0.39, 0.29) is 11.9 Å². The smallest absolute Gasteiger partial charge is 0.338 e. The molecule has 30 heavy (non-hydrogen) atoms. The van der Waals surface area contributed by atoms with Crippen LogP contribution in [0.1, 0.15) is 37.3 Å². The molecule has 1 aromatic carbocycles. The Hall–Kier alpha value is -2.71. The molecular formula is C22H25N3O3S2. The third kappa shape index (κ3) is 4.88. The van der Waals surface area contributed by atoms with Crippen LogP contribution >= 0.6 is 23.6 Å². The fourth-order valence-electron chi connectivity index (χ4n) is 3.42. The van der Waals surface area contributed by atoms with Crippen LogP contribution in [0, 0.1) is 0 Å².